The first-order valence-electron chi connectivity index (χ1n) is 5.60. The topological polar surface area (TPSA) is 0 Å². The minimum absolute atomic E-state index is 0.268. The van der Waals surface area contributed by atoms with Crippen LogP contribution in [0.2, 0.25) is 0 Å². The van der Waals surface area contributed by atoms with Gasteiger partial charge in [0.1, 0.15) is 0 Å². The Morgan fingerprint density at radius 2 is 1.60 bits per heavy atom. The van der Waals surface area contributed by atoms with Gasteiger partial charge in [-0.15, -0.1) is 0 Å². The van der Waals surface area contributed by atoms with Crippen LogP contribution in [0, 0.1) is 0 Å². The lowest BCUT2D eigenvalue weighted by atomic mass is 9.87. The van der Waals surface area contributed by atoms with Crippen LogP contribution < -0.4 is 0 Å². The SMILES string of the molecule is CC(C)SCc1ccc(C(C)(C)C)cc1. The van der Waals surface area contributed by atoms with Crippen LogP contribution in [-0.2, 0) is 11.2 Å². The number of benzene rings is 1. The summed E-state index contributed by atoms with van der Waals surface area (Å²) in [6, 6.07) is 9.04. The highest BCUT2D eigenvalue weighted by Crippen LogP contribution is 2.24. The summed E-state index contributed by atoms with van der Waals surface area (Å²) in [5, 5.41) is 0.715. The summed E-state index contributed by atoms with van der Waals surface area (Å²) in [5.41, 5.74) is 3.12. The number of hydrogen-bond acceptors (Lipinski definition) is 1. The Labute approximate surface area is 98.5 Å². The predicted octanol–water partition coefficient (Wildman–Crippen LogP) is 4.63. The van der Waals surface area contributed by atoms with Gasteiger partial charge in [0.05, 0.1) is 0 Å². The maximum Gasteiger partial charge on any atom is 0.0187 e. The quantitative estimate of drug-likeness (QED) is 0.719. The molecular formula is C14H22S. The van der Waals surface area contributed by atoms with E-state index >= 15 is 0 Å². The number of hydrogen-bond donors (Lipinski definition) is 0. The van der Waals surface area contributed by atoms with E-state index in [1.54, 1.807) is 0 Å². The summed E-state index contributed by atoms with van der Waals surface area (Å²) in [5.74, 6) is 1.13. The van der Waals surface area contributed by atoms with Gasteiger partial charge in [0.25, 0.3) is 0 Å². The van der Waals surface area contributed by atoms with Crippen LogP contribution >= 0.6 is 11.8 Å². The molecule has 0 spiro atoms. The Balaban J connectivity index is 2.65. The molecule has 0 saturated carbocycles. The Morgan fingerprint density at radius 3 is 2.00 bits per heavy atom. The van der Waals surface area contributed by atoms with Gasteiger partial charge in [0.15, 0.2) is 0 Å². The van der Waals surface area contributed by atoms with E-state index in [1.807, 2.05) is 11.8 Å². The zero-order valence-electron chi connectivity index (χ0n) is 10.5. The highest BCUT2D eigenvalue weighted by molar-refractivity contribution is 7.99. The van der Waals surface area contributed by atoms with Crippen LogP contribution in [0.25, 0.3) is 0 Å². The zero-order chi connectivity index (χ0) is 11.5. The molecule has 0 saturated heterocycles. The lowest BCUT2D eigenvalue weighted by Gasteiger charge is -2.19. The van der Waals surface area contributed by atoms with Crippen LogP contribution in [0.5, 0.6) is 0 Å². The van der Waals surface area contributed by atoms with Gasteiger partial charge in [-0.05, 0) is 21.8 Å². The van der Waals surface area contributed by atoms with Gasteiger partial charge in [-0.3, -0.25) is 0 Å². The van der Waals surface area contributed by atoms with Gasteiger partial charge in [-0.1, -0.05) is 58.9 Å². The first-order chi connectivity index (χ1) is 6.89. The fourth-order valence-electron chi connectivity index (χ4n) is 1.36. The molecule has 0 bridgehead atoms. The van der Waals surface area contributed by atoms with Crippen LogP contribution in [-0.4, -0.2) is 5.25 Å². The van der Waals surface area contributed by atoms with Crippen molar-refractivity contribution in [1.29, 1.82) is 0 Å². The van der Waals surface area contributed by atoms with Crippen molar-refractivity contribution in [2.45, 2.75) is 51.0 Å². The highest BCUT2D eigenvalue weighted by Gasteiger charge is 2.12. The van der Waals surface area contributed by atoms with Crippen molar-refractivity contribution in [2.75, 3.05) is 0 Å². The van der Waals surface area contributed by atoms with Crippen molar-refractivity contribution in [3.63, 3.8) is 0 Å². The van der Waals surface area contributed by atoms with Crippen LogP contribution in [0.4, 0.5) is 0 Å². The van der Waals surface area contributed by atoms with Crippen molar-refractivity contribution in [2.24, 2.45) is 0 Å². The monoisotopic (exact) mass is 222 g/mol. The smallest absolute Gasteiger partial charge is 0.0187 e. The fourth-order valence-corrected chi connectivity index (χ4v) is 2.08. The van der Waals surface area contributed by atoms with Crippen molar-refractivity contribution < 1.29 is 0 Å². The van der Waals surface area contributed by atoms with Gasteiger partial charge in [-0.25, -0.2) is 0 Å². The van der Waals surface area contributed by atoms with E-state index in [0.29, 0.717) is 5.25 Å². The molecule has 0 unspecified atom stereocenters. The van der Waals surface area contributed by atoms with Crippen LogP contribution in [0.15, 0.2) is 24.3 Å². The largest absolute Gasteiger partial charge is 0.154 e. The second-order valence-electron chi connectivity index (χ2n) is 5.31. The molecule has 0 aliphatic carbocycles. The van der Waals surface area contributed by atoms with Crippen molar-refractivity contribution in [3.05, 3.63) is 35.4 Å². The summed E-state index contributed by atoms with van der Waals surface area (Å²) < 4.78 is 0. The van der Waals surface area contributed by atoms with Crippen molar-refractivity contribution >= 4 is 11.8 Å². The molecule has 0 fully saturated rings. The zero-order valence-corrected chi connectivity index (χ0v) is 11.3. The molecular weight excluding hydrogens is 200 g/mol. The fraction of sp³-hybridized carbons (Fsp3) is 0.571. The molecule has 0 heterocycles. The second-order valence-corrected chi connectivity index (χ2v) is 6.87. The van der Waals surface area contributed by atoms with Gasteiger partial charge >= 0.3 is 0 Å². The Kier molecular flexibility index (Phi) is 4.27. The third kappa shape index (κ3) is 4.29. The van der Waals surface area contributed by atoms with Gasteiger partial charge in [-0.2, -0.15) is 11.8 Å². The molecule has 15 heavy (non-hydrogen) atoms. The van der Waals surface area contributed by atoms with E-state index in [1.165, 1.54) is 11.1 Å². The van der Waals surface area contributed by atoms with E-state index in [4.69, 9.17) is 0 Å². The Hall–Kier alpha value is -0.430. The Morgan fingerprint density at radius 1 is 1.07 bits per heavy atom. The minimum Gasteiger partial charge on any atom is -0.154 e. The second kappa shape index (κ2) is 5.07. The third-order valence-corrected chi connectivity index (χ3v) is 3.57. The molecule has 0 aliphatic rings. The average Bonchev–Trinajstić information content (AvgIpc) is 2.14. The highest BCUT2D eigenvalue weighted by atomic mass is 32.2. The average molecular weight is 222 g/mol. The van der Waals surface area contributed by atoms with E-state index in [0.717, 1.165) is 5.75 Å². The summed E-state index contributed by atoms with van der Waals surface area (Å²) in [7, 11) is 0. The molecule has 1 heteroatoms. The first-order valence-corrected chi connectivity index (χ1v) is 6.65. The lowest BCUT2D eigenvalue weighted by molar-refractivity contribution is 0.590. The van der Waals surface area contributed by atoms with E-state index < -0.39 is 0 Å². The summed E-state index contributed by atoms with van der Waals surface area (Å²) >= 11 is 2.00. The third-order valence-electron chi connectivity index (χ3n) is 2.40. The Bertz CT molecular complexity index is 290. The molecule has 0 nitrogen and oxygen atoms in total. The summed E-state index contributed by atoms with van der Waals surface area (Å²) in [6.07, 6.45) is 0. The molecule has 84 valence electrons. The van der Waals surface area contributed by atoms with Crippen LogP contribution in [0.1, 0.15) is 45.7 Å². The molecule has 0 radical (unpaired) electrons. The lowest BCUT2D eigenvalue weighted by Crippen LogP contribution is -2.10. The van der Waals surface area contributed by atoms with Gasteiger partial charge in [0.2, 0.25) is 0 Å². The van der Waals surface area contributed by atoms with Crippen molar-refractivity contribution in [1.82, 2.24) is 0 Å². The number of thioether (sulfide) groups is 1. The molecule has 0 amide bonds. The van der Waals surface area contributed by atoms with E-state index in [2.05, 4.69) is 58.9 Å². The maximum atomic E-state index is 2.26. The van der Waals surface area contributed by atoms with E-state index in [9.17, 15) is 0 Å². The minimum atomic E-state index is 0.268. The number of rotatable bonds is 3. The standard InChI is InChI=1S/C14H22S/c1-11(2)15-10-12-6-8-13(9-7-12)14(3,4)5/h6-9,11H,10H2,1-5H3. The predicted molar refractivity (Wildman–Crippen MR) is 71.6 cm³/mol. The normalized spacial score (nSPS) is 12.1. The molecule has 0 atom stereocenters. The maximum absolute atomic E-state index is 2.26. The molecule has 0 aliphatic heterocycles. The first kappa shape index (κ1) is 12.6. The molecule has 1 rings (SSSR count). The van der Waals surface area contributed by atoms with Gasteiger partial charge < -0.3 is 0 Å². The molecule has 1 aromatic rings. The van der Waals surface area contributed by atoms with Crippen molar-refractivity contribution in [3.8, 4) is 0 Å². The molecule has 1 aromatic carbocycles. The molecule has 0 N–H and O–H groups in total. The summed E-state index contributed by atoms with van der Waals surface area (Å²) in [6.45, 7) is 11.3. The molecule has 0 aromatic heterocycles. The van der Waals surface area contributed by atoms with Gasteiger partial charge in [0, 0.05) is 5.75 Å². The van der Waals surface area contributed by atoms with Crippen LogP contribution in [0.3, 0.4) is 0 Å². The summed E-state index contributed by atoms with van der Waals surface area (Å²) in [4.78, 5) is 0. The van der Waals surface area contributed by atoms with E-state index in [-0.39, 0.29) is 5.41 Å².